The normalized spacial score (nSPS) is 14.7. The minimum absolute atomic E-state index is 0.00938. The third-order valence-corrected chi connectivity index (χ3v) is 6.97. The average molecular weight is 612 g/mol. The lowest BCUT2D eigenvalue weighted by Crippen LogP contribution is -2.40. The molecular weight excluding hydrogens is 562 g/mol. The molecule has 12 heteroatoms. The van der Waals surface area contributed by atoms with Gasteiger partial charge in [0, 0.05) is 0 Å². The number of carbonyl (C=O) groups excluding carboxylic acids is 4. The van der Waals surface area contributed by atoms with Crippen molar-refractivity contribution in [3.05, 3.63) is 23.8 Å². The summed E-state index contributed by atoms with van der Waals surface area (Å²) in [5, 5.41) is 0. The molecule has 0 bridgehead atoms. The van der Waals surface area contributed by atoms with Gasteiger partial charge in [0.1, 0.15) is 23.9 Å². The Balaban J connectivity index is 2.93. The fourth-order valence-electron chi connectivity index (χ4n) is 3.01. The molecule has 1 aromatic rings. The molecule has 12 nitrogen and oxygen atoms in total. The smallest absolute Gasteiger partial charge is 0.458 e. The van der Waals surface area contributed by atoms with E-state index in [4.69, 9.17) is 38.9 Å². The summed E-state index contributed by atoms with van der Waals surface area (Å²) < 4.78 is 36.8. The number of nitrogens with two attached hydrogens (primary N) is 1. The average Bonchev–Trinajstić information content (AvgIpc) is 2.95. The fourth-order valence-corrected chi connectivity index (χ4v) is 3.01. The highest BCUT2D eigenvalue weighted by atomic mass is 16.8. The van der Waals surface area contributed by atoms with Crippen molar-refractivity contribution < 1.29 is 52.3 Å². The van der Waals surface area contributed by atoms with Crippen molar-refractivity contribution in [2.75, 3.05) is 13.2 Å². The van der Waals surface area contributed by atoms with Crippen molar-refractivity contribution in [1.29, 1.82) is 0 Å². The third kappa shape index (κ3) is 14.5. The van der Waals surface area contributed by atoms with E-state index in [-0.39, 0.29) is 43.0 Å². The molecule has 3 unspecified atom stereocenters. The lowest BCUT2D eigenvalue weighted by molar-refractivity contribution is -0.156. The summed E-state index contributed by atoms with van der Waals surface area (Å²) in [7, 11) is 0. The number of carbonyl (C=O) groups is 4. The first-order valence-corrected chi connectivity index (χ1v) is 14.8. The van der Waals surface area contributed by atoms with Gasteiger partial charge in [-0.3, -0.25) is 4.79 Å². The van der Waals surface area contributed by atoms with Crippen LogP contribution in [0, 0.1) is 11.8 Å². The highest BCUT2D eigenvalue weighted by Gasteiger charge is 2.28. The summed E-state index contributed by atoms with van der Waals surface area (Å²) in [5.41, 5.74) is 5.89. The van der Waals surface area contributed by atoms with E-state index in [1.807, 2.05) is 34.6 Å². The number of benzene rings is 1. The second-order valence-electron chi connectivity index (χ2n) is 11.4. The predicted molar refractivity (Wildman–Crippen MR) is 158 cm³/mol. The molecule has 0 aliphatic carbocycles. The molecule has 0 aromatic heterocycles. The number of hydrogen-bond acceptors (Lipinski definition) is 12. The molecule has 244 valence electrons. The molecule has 1 aromatic carbocycles. The molecule has 0 spiro atoms. The van der Waals surface area contributed by atoms with Crippen molar-refractivity contribution >= 4 is 24.4 Å². The Kier molecular flexibility index (Phi) is 15.9. The van der Waals surface area contributed by atoms with Crippen molar-refractivity contribution in [2.45, 2.75) is 112 Å². The summed E-state index contributed by atoms with van der Waals surface area (Å²) in [6.07, 6.45) is -2.22. The van der Waals surface area contributed by atoms with Crippen LogP contribution < -0.4 is 15.2 Å². The highest BCUT2D eigenvalue weighted by Crippen LogP contribution is 2.30. The van der Waals surface area contributed by atoms with Gasteiger partial charge in [-0.05, 0) is 70.1 Å². The number of rotatable bonds is 16. The topological polar surface area (TPSA) is 159 Å². The molecule has 5 atom stereocenters. The maximum atomic E-state index is 12.7. The maximum Gasteiger partial charge on any atom is 0.513 e. The molecule has 0 radical (unpaired) electrons. The van der Waals surface area contributed by atoms with E-state index in [0.29, 0.717) is 12.0 Å². The Hall–Kier alpha value is -3.54. The largest absolute Gasteiger partial charge is 0.513 e. The zero-order valence-corrected chi connectivity index (χ0v) is 26.9. The van der Waals surface area contributed by atoms with Gasteiger partial charge >= 0.3 is 24.4 Å². The van der Waals surface area contributed by atoms with Gasteiger partial charge in [0.25, 0.3) is 0 Å². The van der Waals surface area contributed by atoms with E-state index in [2.05, 4.69) is 0 Å². The minimum atomic E-state index is -1.11. The molecular formula is C31H49NO11. The molecule has 0 aliphatic rings. The number of ether oxygens (including phenoxy) is 7. The number of esters is 1. The molecule has 43 heavy (non-hydrogen) atoms. The molecule has 0 fully saturated rings. The number of hydrogen-bond donors (Lipinski definition) is 1. The van der Waals surface area contributed by atoms with Crippen molar-refractivity contribution in [3.63, 3.8) is 0 Å². The molecule has 1 rings (SSSR count). The second kappa shape index (κ2) is 18.2. The first-order valence-electron chi connectivity index (χ1n) is 14.8. The van der Waals surface area contributed by atoms with Crippen LogP contribution in [0.15, 0.2) is 18.2 Å². The molecule has 0 aliphatic heterocycles. The van der Waals surface area contributed by atoms with Crippen LogP contribution in [-0.4, -0.2) is 61.5 Å². The first-order chi connectivity index (χ1) is 20.1. The zero-order valence-electron chi connectivity index (χ0n) is 26.9. The van der Waals surface area contributed by atoms with Gasteiger partial charge in [-0.15, -0.1) is 0 Å². The van der Waals surface area contributed by atoms with Gasteiger partial charge < -0.3 is 38.9 Å². The van der Waals surface area contributed by atoms with Crippen LogP contribution in [0.5, 0.6) is 11.5 Å². The lowest BCUT2D eigenvalue weighted by Gasteiger charge is -2.26. The highest BCUT2D eigenvalue weighted by molar-refractivity contribution is 5.76. The Morgan fingerprint density at radius 2 is 1.28 bits per heavy atom. The monoisotopic (exact) mass is 611 g/mol. The maximum absolute atomic E-state index is 12.7. The van der Waals surface area contributed by atoms with Crippen molar-refractivity contribution in [3.8, 4) is 11.5 Å². The SMILES string of the molecule is CCC(C)COC(=O)Oc1ccc(C[C@H](N)C(=O)O[C@@H](C)C(C)OC(=O)OC(C)(C)CC)cc1OC(=O)OCC(C)CC. The minimum Gasteiger partial charge on any atom is -0.458 e. The summed E-state index contributed by atoms with van der Waals surface area (Å²) >= 11 is 0. The van der Waals surface area contributed by atoms with Gasteiger partial charge in [0.2, 0.25) is 0 Å². The van der Waals surface area contributed by atoms with Gasteiger partial charge in [0.15, 0.2) is 11.5 Å². The van der Waals surface area contributed by atoms with E-state index in [9.17, 15) is 19.2 Å². The summed E-state index contributed by atoms with van der Waals surface area (Å²) in [6.45, 7) is 16.6. The van der Waals surface area contributed by atoms with E-state index in [1.54, 1.807) is 33.8 Å². The van der Waals surface area contributed by atoms with E-state index < -0.39 is 48.3 Å². The quantitative estimate of drug-likeness (QED) is 0.126. The van der Waals surface area contributed by atoms with Crippen LogP contribution >= 0.6 is 0 Å². The van der Waals surface area contributed by atoms with Crippen LogP contribution in [0.25, 0.3) is 0 Å². The van der Waals surface area contributed by atoms with Crippen molar-refractivity contribution in [2.24, 2.45) is 17.6 Å². The lowest BCUT2D eigenvalue weighted by atomic mass is 10.1. The first kappa shape index (κ1) is 37.5. The van der Waals surface area contributed by atoms with Gasteiger partial charge in [-0.2, -0.15) is 0 Å². The summed E-state index contributed by atoms with van der Waals surface area (Å²) in [4.78, 5) is 49.4. The third-order valence-electron chi connectivity index (χ3n) is 6.97. The van der Waals surface area contributed by atoms with Crippen LogP contribution in [-0.2, 0) is 34.9 Å². The molecule has 0 saturated carbocycles. The van der Waals surface area contributed by atoms with Gasteiger partial charge in [0.05, 0.1) is 13.2 Å². The van der Waals surface area contributed by atoms with Gasteiger partial charge in [-0.25, -0.2) is 14.4 Å². The summed E-state index contributed by atoms with van der Waals surface area (Å²) in [5.74, 6) is -0.668. The van der Waals surface area contributed by atoms with Crippen LogP contribution in [0.4, 0.5) is 14.4 Å². The van der Waals surface area contributed by atoms with Crippen LogP contribution in [0.2, 0.25) is 0 Å². The Labute approximate surface area is 254 Å². The van der Waals surface area contributed by atoms with Crippen LogP contribution in [0.1, 0.15) is 87.1 Å². The fraction of sp³-hybridized carbons (Fsp3) is 0.677. The molecule has 0 heterocycles. The zero-order chi connectivity index (χ0) is 32.7. The Morgan fingerprint density at radius 3 is 1.79 bits per heavy atom. The molecule has 0 saturated heterocycles. The molecule has 2 N–H and O–H groups in total. The van der Waals surface area contributed by atoms with Crippen molar-refractivity contribution in [1.82, 2.24) is 0 Å². The second-order valence-corrected chi connectivity index (χ2v) is 11.4. The van der Waals surface area contributed by atoms with Gasteiger partial charge in [-0.1, -0.05) is 53.5 Å². The standard InChI is InChI=1S/C31H49NO11/c1-10-19(4)17-37-28(34)41-25-14-13-23(16-26(25)42-29(35)38-18-20(5)11-2)15-24(32)27(33)39-21(6)22(7)40-30(36)43-31(8,9)12-3/h13-14,16,19-22,24H,10-12,15,17-18,32H2,1-9H3/t19?,20?,21-,22?,24-/m0/s1. The van der Waals surface area contributed by atoms with E-state index in [1.165, 1.54) is 12.1 Å². The molecule has 0 amide bonds. The Bertz CT molecular complexity index is 1060. The Morgan fingerprint density at radius 1 is 0.767 bits per heavy atom. The van der Waals surface area contributed by atoms with E-state index in [0.717, 1.165) is 12.8 Å². The van der Waals surface area contributed by atoms with Crippen LogP contribution in [0.3, 0.4) is 0 Å². The summed E-state index contributed by atoms with van der Waals surface area (Å²) in [6, 6.07) is 3.26. The van der Waals surface area contributed by atoms with E-state index >= 15 is 0 Å². The predicted octanol–water partition coefficient (Wildman–Crippen LogP) is 6.34.